The summed E-state index contributed by atoms with van der Waals surface area (Å²) in [5.74, 6) is -2.81. The van der Waals surface area contributed by atoms with Gasteiger partial charge in [-0.3, -0.25) is 19.2 Å². The number of hydrogen-bond donors (Lipinski definition) is 4. The van der Waals surface area contributed by atoms with Crippen LogP contribution in [0, 0.1) is 11.8 Å². The molecule has 1 atom stereocenters. The van der Waals surface area contributed by atoms with Crippen LogP contribution in [0.25, 0.3) is 0 Å². The highest BCUT2D eigenvalue weighted by molar-refractivity contribution is 5.97. The summed E-state index contributed by atoms with van der Waals surface area (Å²) in [6.45, 7) is 6.92. The monoisotopic (exact) mass is 563 g/mol. The third-order valence-corrected chi connectivity index (χ3v) is 5.97. The molecule has 0 bridgehead atoms. The van der Waals surface area contributed by atoms with E-state index in [-0.39, 0.29) is 76.5 Å². The second-order valence-electron chi connectivity index (χ2n) is 10.5. The summed E-state index contributed by atoms with van der Waals surface area (Å²) in [6.07, 6.45) is 0.126. The van der Waals surface area contributed by atoms with E-state index < -0.39 is 29.7 Å². The Morgan fingerprint density at radius 2 is 1.45 bits per heavy atom. The van der Waals surface area contributed by atoms with Crippen LogP contribution < -0.4 is 11.1 Å². The molecule has 0 spiro atoms. The first kappa shape index (κ1) is 34.5. The number of amides is 4. The zero-order valence-electron chi connectivity index (χ0n) is 24.0. The van der Waals surface area contributed by atoms with Gasteiger partial charge in [-0.15, -0.1) is 0 Å². The fraction of sp³-hybridized carbons (Fsp3) is 0.607. The molecule has 40 heavy (non-hydrogen) atoms. The lowest BCUT2D eigenvalue weighted by molar-refractivity contribution is -0.143. The van der Waals surface area contributed by atoms with Gasteiger partial charge in [-0.2, -0.15) is 0 Å². The lowest BCUT2D eigenvalue weighted by atomic mass is 10.0. The van der Waals surface area contributed by atoms with E-state index >= 15 is 0 Å². The molecule has 0 heterocycles. The molecule has 224 valence electrons. The van der Waals surface area contributed by atoms with Gasteiger partial charge >= 0.3 is 5.97 Å². The van der Waals surface area contributed by atoms with E-state index in [4.69, 9.17) is 5.73 Å². The first-order chi connectivity index (χ1) is 18.9. The molecule has 0 saturated carbocycles. The smallest absolute Gasteiger partial charge is 0.326 e. The average Bonchev–Trinajstić information content (AvgIpc) is 2.89. The van der Waals surface area contributed by atoms with E-state index in [0.717, 1.165) is 0 Å². The van der Waals surface area contributed by atoms with Crippen molar-refractivity contribution in [1.82, 2.24) is 20.0 Å². The summed E-state index contributed by atoms with van der Waals surface area (Å²) < 4.78 is 0. The molecule has 0 aliphatic rings. The molecule has 0 aromatic heterocycles. The number of nitrogens with two attached hydrogens (primary N) is 1. The fourth-order valence-corrected chi connectivity index (χ4v) is 4.08. The third kappa shape index (κ3) is 12.6. The first-order valence-corrected chi connectivity index (χ1v) is 13.6. The van der Waals surface area contributed by atoms with Crippen molar-refractivity contribution in [1.29, 1.82) is 0 Å². The Balaban J connectivity index is 2.91. The Bertz CT molecular complexity index is 971. The van der Waals surface area contributed by atoms with Crippen LogP contribution in [0.3, 0.4) is 0 Å². The summed E-state index contributed by atoms with van der Waals surface area (Å²) in [5.41, 5.74) is 6.10. The van der Waals surface area contributed by atoms with E-state index in [1.165, 1.54) is 14.7 Å². The van der Waals surface area contributed by atoms with Crippen molar-refractivity contribution in [2.75, 3.05) is 52.4 Å². The molecule has 0 unspecified atom stereocenters. The van der Waals surface area contributed by atoms with Gasteiger partial charge in [0.15, 0.2) is 0 Å². The van der Waals surface area contributed by atoms with Crippen LogP contribution in [0.5, 0.6) is 0 Å². The Kier molecular flexibility index (Phi) is 15.5. The zero-order valence-corrected chi connectivity index (χ0v) is 24.0. The maximum Gasteiger partial charge on any atom is 0.326 e. The second-order valence-corrected chi connectivity index (χ2v) is 10.5. The molecule has 0 aliphatic carbocycles. The second kappa shape index (κ2) is 18.0. The number of carbonyl (C=O) groups excluding carboxylic acids is 4. The Labute approximate surface area is 236 Å². The van der Waals surface area contributed by atoms with E-state index in [2.05, 4.69) is 5.32 Å². The number of carbonyl (C=O) groups is 5. The Morgan fingerprint density at radius 1 is 0.850 bits per heavy atom. The van der Waals surface area contributed by atoms with Crippen LogP contribution in [0.2, 0.25) is 0 Å². The van der Waals surface area contributed by atoms with Crippen LogP contribution in [0.15, 0.2) is 30.3 Å². The number of nitrogens with zero attached hydrogens (tertiary/aromatic N) is 3. The molecule has 0 aliphatic heterocycles. The summed E-state index contributed by atoms with van der Waals surface area (Å²) in [7, 11) is 0. The highest BCUT2D eigenvalue weighted by Gasteiger charge is 2.26. The number of aliphatic carboxylic acids is 1. The van der Waals surface area contributed by atoms with E-state index in [1.54, 1.807) is 30.3 Å². The third-order valence-electron chi connectivity index (χ3n) is 5.97. The minimum absolute atomic E-state index is 0.0248. The number of carboxylic acids is 1. The number of rotatable bonds is 18. The van der Waals surface area contributed by atoms with Crippen LogP contribution in [0.1, 0.15) is 50.9 Å². The number of hydrogen-bond acceptors (Lipinski definition) is 7. The van der Waals surface area contributed by atoms with Gasteiger partial charge in [0.2, 0.25) is 17.7 Å². The maximum absolute atomic E-state index is 13.2. The molecule has 0 radical (unpaired) electrons. The van der Waals surface area contributed by atoms with E-state index in [0.29, 0.717) is 12.1 Å². The molecule has 12 heteroatoms. The minimum Gasteiger partial charge on any atom is -0.480 e. The molecule has 0 fully saturated rings. The van der Waals surface area contributed by atoms with E-state index in [1.807, 2.05) is 27.7 Å². The maximum atomic E-state index is 13.2. The quantitative estimate of drug-likeness (QED) is 0.199. The van der Waals surface area contributed by atoms with Crippen molar-refractivity contribution >= 4 is 29.6 Å². The summed E-state index contributed by atoms with van der Waals surface area (Å²) >= 11 is 0. The SMILES string of the molecule is CC(C)C[C@H](NC(=O)CCN(CCN)C(=O)CN(CCO)C(=O)CN(CC(C)C)C(=O)c1ccccc1)C(=O)O. The lowest BCUT2D eigenvalue weighted by Gasteiger charge is -2.30. The predicted molar refractivity (Wildman–Crippen MR) is 150 cm³/mol. The van der Waals surface area contributed by atoms with Gasteiger partial charge in [-0.1, -0.05) is 45.9 Å². The van der Waals surface area contributed by atoms with Gasteiger partial charge in [0.25, 0.3) is 5.91 Å². The largest absolute Gasteiger partial charge is 0.480 e. The first-order valence-electron chi connectivity index (χ1n) is 13.6. The van der Waals surface area contributed by atoms with Crippen LogP contribution in [-0.4, -0.2) is 113 Å². The van der Waals surface area contributed by atoms with Crippen molar-refractivity contribution in [3.63, 3.8) is 0 Å². The molecule has 1 rings (SSSR count). The van der Waals surface area contributed by atoms with Crippen molar-refractivity contribution in [2.45, 2.75) is 46.6 Å². The summed E-state index contributed by atoms with van der Waals surface area (Å²) in [5, 5.41) is 21.4. The number of aliphatic hydroxyl groups excluding tert-OH is 1. The molecule has 1 aromatic carbocycles. The topological polar surface area (TPSA) is 174 Å². The summed E-state index contributed by atoms with van der Waals surface area (Å²) in [4.78, 5) is 67.2. The van der Waals surface area contributed by atoms with Crippen molar-refractivity contribution in [2.24, 2.45) is 17.6 Å². The van der Waals surface area contributed by atoms with Crippen LogP contribution in [-0.2, 0) is 19.2 Å². The van der Waals surface area contributed by atoms with Gasteiger partial charge in [0.1, 0.15) is 12.6 Å². The van der Waals surface area contributed by atoms with Gasteiger partial charge in [-0.05, 0) is 30.4 Å². The molecule has 0 saturated heterocycles. The normalized spacial score (nSPS) is 11.7. The highest BCUT2D eigenvalue weighted by atomic mass is 16.4. The van der Waals surface area contributed by atoms with Gasteiger partial charge in [-0.25, -0.2) is 4.79 Å². The average molecular weight is 564 g/mol. The molecule has 1 aromatic rings. The summed E-state index contributed by atoms with van der Waals surface area (Å²) in [6, 6.07) is 7.55. The Morgan fingerprint density at radius 3 is 1.98 bits per heavy atom. The van der Waals surface area contributed by atoms with Gasteiger partial charge in [0.05, 0.1) is 13.2 Å². The van der Waals surface area contributed by atoms with Crippen LogP contribution >= 0.6 is 0 Å². The van der Waals surface area contributed by atoms with Crippen molar-refractivity contribution in [3.8, 4) is 0 Å². The minimum atomic E-state index is -1.13. The van der Waals surface area contributed by atoms with Crippen LogP contribution in [0.4, 0.5) is 0 Å². The molecule has 12 nitrogen and oxygen atoms in total. The zero-order chi connectivity index (χ0) is 30.2. The van der Waals surface area contributed by atoms with Gasteiger partial charge in [0, 0.05) is 44.7 Å². The van der Waals surface area contributed by atoms with E-state index in [9.17, 15) is 34.2 Å². The number of benzene rings is 1. The molecule has 4 amide bonds. The predicted octanol–water partition coefficient (Wildman–Crippen LogP) is 0.399. The van der Waals surface area contributed by atoms with Crippen molar-refractivity contribution < 1.29 is 34.2 Å². The molecule has 5 N–H and O–H groups in total. The number of aliphatic hydroxyl groups is 1. The standard InChI is InChI=1S/C28H45N5O7/c1-20(2)16-23(28(39)40)30-24(35)10-12-31(13-11-29)25(36)18-32(14-15-34)26(37)19-33(17-21(3)4)27(38)22-8-6-5-7-9-22/h5-9,20-21,23,34H,10-19,29H2,1-4H3,(H,30,35)(H,39,40)/t23-/m0/s1. The highest BCUT2D eigenvalue weighted by Crippen LogP contribution is 2.10. The number of nitrogens with one attached hydrogen (secondary N) is 1. The number of carboxylic acid groups (broad SMARTS) is 1. The Hall–Kier alpha value is -3.51. The molecular formula is C28H45N5O7. The fourth-order valence-electron chi connectivity index (χ4n) is 4.08. The molecular weight excluding hydrogens is 518 g/mol. The van der Waals surface area contributed by atoms with Crippen molar-refractivity contribution in [3.05, 3.63) is 35.9 Å². The lowest BCUT2D eigenvalue weighted by Crippen LogP contribution is -2.50. The van der Waals surface area contributed by atoms with Gasteiger partial charge < -0.3 is 36.0 Å².